The second kappa shape index (κ2) is 9.90. The van der Waals surface area contributed by atoms with Crippen LogP contribution in [0.2, 0.25) is 0 Å². The van der Waals surface area contributed by atoms with Crippen LogP contribution in [-0.4, -0.2) is 73.8 Å². The van der Waals surface area contributed by atoms with Gasteiger partial charge in [-0.1, -0.05) is 42.5 Å². The molecule has 9 heteroatoms. The molecule has 5 aromatic rings. The lowest BCUT2D eigenvalue weighted by molar-refractivity contribution is -0.133. The number of piperidine rings is 1. The number of hydrogen-bond acceptors (Lipinski definition) is 6. The number of amides is 1. The van der Waals surface area contributed by atoms with Gasteiger partial charge in [-0.15, -0.1) is 0 Å². The second-order valence-electron chi connectivity index (χ2n) is 10.4. The Morgan fingerprint density at radius 3 is 2.79 bits per heavy atom. The number of aromatic nitrogens is 5. The van der Waals surface area contributed by atoms with Crippen LogP contribution in [0.15, 0.2) is 67.1 Å². The fourth-order valence-corrected chi connectivity index (χ4v) is 5.50. The first-order chi connectivity index (χ1) is 18.5. The molecule has 1 aliphatic heterocycles. The summed E-state index contributed by atoms with van der Waals surface area (Å²) in [6.07, 6.45) is 5.53. The summed E-state index contributed by atoms with van der Waals surface area (Å²) in [5.74, 6) is 0.762. The number of likely N-dealkylation sites (tertiary alicyclic amines) is 1. The van der Waals surface area contributed by atoms with Crippen molar-refractivity contribution < 1.29 is 4.79 Å². The molecule has 0 bridgehead atoms. The molecule has 1 atom stereocenters. The molecule has 194 valence electrons. The van der Waals surface area contributed by atoms with E-state index in [2.05, 4.69) is 52.7 Å². The molecule has 1 amide bonds. The van der Waals surface area contributed by atoms with Crippen LogP contribution < -0.4 is 5.73 Å². The number of rotatable bonds is 6. The quantitative estimate of drug-likeness (QED) is 0.376. The van der Waals surface area contributed by atoms with Crippen LogP contribution in [-0.2, 0) is 11.3 Å². The first-order valence-corrected chi connectivity index (χ1v) is 13.0. The molecule has 2 aromatic carbocycles. The lowest BCUT2D eigenvalue weighted by atomic mass is 9.94. The molecule has 2 N–H and O–H groups in total. The summed E-state index contributed by atoms with van der Waals surface area (Å²) in [6, 6.07) is 18.8. The molecule has 9 nitrogen and oxygen atoms in total. The van der Waals surface area contributed by atoms with Crippen molar-refractivity contribution in [2.45, 2.75) is 25.3 Å². The molecular weight excluding hydrogens is 476 g/mol. The van der Waals surface area contributed by atoms with E-state index in [0.717, 1.165) is 59.2 Å². The van der Waals surface area contributed by atoms with Gasteiger partial charge in [-0.2, -0.15) is 10.2 Å². The molecular formula is C29H32N8O. The van der Waals surface area contributed by atoms with Crippen molar-refractivity contribution in [1.82, 2.24) is 34.2 Å². The molecule has 4 heterocycles. The molecule has 38 heavy (non-hydrogen) atoms. The fourth-order valence-electron chi connectivity index (χ4n) is 5.50. The van der Waals surface area contributed by atoms with E-state index in [9.17, 15) is 4.79 Å². The van der Waals surface area contributed by atoms with Gasteiger partial charge in [0, 0.05) is 41.8 Å². The third-order valence-electron chi connectivity index (χ3n) is 7.31. The Hall–Kier alpha value is -4.24. The maximum absolute atomic E-state index is 12.8. The van der Waals surface area contributed by atoms with Crippen LogP contribution in [0.25, 0.3) is 27.5 Å². The van der Waals surface area contributed by atoms with Gasteiger partial charge in [0.2, 0.25) is 5.91 Å². The van der Waals surface area contributed by atoms with E-state index < -0.39 is 0 Å². The van der Waals surface area contributed by atoms with Crippen molar-refractivity contribution in [2.24, 2.45) is 0 Å². The van der Waals surface area contributed by atoms with E-state index in [4.69, 9.17) is 10.8 Å². The van der Waals surface area contributed by atoms with Gasteiger partial charge in [0.25, 0.3) is 0 Å². The molecule has 0 radical (unpaired) electrons. The van der Waals surface area contributed by atoms with Gasteiger partial charge in [0.1, 0.15) is 11.8 Å². The maximum Gasteiger partial charge on any atom is 0.236 e. The molecule has 0 aliphatic carbocycles. The normalized spacial score (nSPS) is 16.1. The Bertz CT molecular complexity index is 1600. The SMILES string of the molecule is CN(C)CC(=O)N1CCC[C@H](c2cc(-c3ccc4cn(Cc5ccccc5)nc4c3)c3c(N)ncnn23)C1. The van der Waals surface area contributed by atoms with Crippen LogP contribution in [0.1, 0.15) is 30.0 Å². The monoisotopic (exact) mass is 508 g/mol. The summed E-state index contributed by atoms with van der Waals surface area (Å²) in [6.45, 7) is 2.60. The average molecular weight is 509 g/mol. The Morgan fingerprint density at radius 2 is 1.97 bits per heavy atom. The number of nitrogens with zero attached hydrogens (tertiary/aromatic N) is 7. The number of benzene rings is 2. The third kappa shape index (κ3) is 4.61. The Balaban J connectivity index is 1.36. The summed E-state index contributed by atoms with van der Waals surface area (Å²) in [5.41, 5.74) is 12.4. The van der Waals surface area contributed by atoms with E-state index in [1.54, 1.807) is 0 Å². The minimum absolute atomic E-state index is 0.159. The average Bonchev–Trinajstić information content (AvgIpc) is 3.50. The van der Waals surface area contributed by atoms with Gasteiger partial charge in [0.05, 0.1) is 18.6 Å². The molecule has 0 saturated carbocycles. The highest BCUT2D eigenvalue weighted by Gasteiger charge is 2.28. The number of anilines is 1. The van der Waals surface area contributed by atoms with Crippen molar-refractivity contribution in [3.63, 3.8) is 0 Å². The van der Waals surface area contributed by atoms with Crippen LogP contribution in [0.4, 0.5) is 5.82 Å². The summed E-state index contributed by atoms with van der Waals surface area (Å²) in [5, 5.41) is 10.5. The van der Waals surface area contributed by atoms with Crippen LogP contribution >= 0.6 is 0 Å². The predicted octanol–water partition coefficient (Wildman–Crippen LogP) is 3.64. The van der Waals surface area contributed by atoms with Gasteiger partial charge >= 0.3 is 0 Å². The zero-order chi connectivity index (χ0) is 26.2. The zero-order valence-electron chi connectivity index (χ0n) is 21.8. The number of carbonyl (C=O) groups excluding carboxylic acids is 1. The number of nitrogens with two attached hydrogens (primary N) is 1. The van der Waals surface area contributed by atoms with Crippen molar-refractivity contribution in [3.8, 4) is 11.1 Å². The minimum Gasteiger partial charge on any atom is -0.382 e. The van der Waals surface area contributed by atoms with Gasteiger partial charge in [0.15, 0.2) is 5.82 Å². The summed E-state index contributed by atoms with van der Waals surface area (Å²) in [4.78, 5) is 21.0. The van der Waals surface area contributed by atoms with Crippen molar-refractivity contribution in [3.05, 3.63) is 78.4 Å². The number of carbonyl (C=O) groups is 1. The number of fused-ring (bicyclic) bond motifs is 2. The first-order valence-electron chi connectivity index (χ1n) is 13.0. The van der Waals surface area contributed by atoms with Crippen LogP contribution in [0.3, 0.4) is 0 Å². The van der Waals surface area contributed by atoms with E-state index in [1.807, 2.05) is 51.3 Å². The summed E-state index contributed by atoms with van der Waals surface area (Å²) < 4.78 is 3.90. The summed E-state index contributed by atoms with van der Waals surface area (Å²) in [7, 11) is 3.85. The van der Waals surface area contributed by atoms with Crippen molar-refractivity contribution in [2.75, 3.05) is 39.5 Å². The third-order valence-corrected chi connectivity index (χ3v) is 7.31. The Labute approximate surface area is 221 Å². The largest absolute Gasteiger partial charge is 0.382 e. The Kier molecular flexibility index (Phi) is 6.29. The highest BCUT2D eigenvalue weighted by molar-refractivity contribution is 5.92. The van der Waals surface area contributed by atoms with Gasteiger partial charge in [-0.3, -0.25) is 9.48 Å². The van der Waals surface area contributed by atoms with E-state index in [1.165, 1.54) is 11.9 Å². The van der Waals surface area contributed by atoms with Crippen LogP contribution in [0, 0.1) is 0 Å². The molecule has 0 unspecified atom stereocenters. The molecule has 1 aliphatic rings. The number of nitrogen functional groups attached to an aromatic ring is 1. The maximum atomic E-state index is 12.8. The molecule has 6 rings (SSSR count). The fraction of sp³-hybridized carbons (Fsp3) is 0.310. The van der Waals surface area contributed by atoms with Gasteiger partial charge in [-0.25, -0.2) is 9.50 Å². The molecule has 3 aromatic heterocycles. The second-order valence-corrected chi connectivity index (χ2v) is 10.4. The molecule has 0 spiro atoms. The summed E-state index contributed by atoms with van der Waals surface area (Å²) >= 11 is 0. The van der Waals surface area contributed by atoms with E-state index in [0.29, 0.717) is 18.9 Å². The number of hydrogen-bond donors (Lipinski definition) is 1. The van der Waals surface area contributed by atoms with Gasteiger partial charge in [-0.05, 0) is 50.2 Å². The topological polar surface area (TPSA) is 97.6 Å². The van der Waals surface area contributed by atoms with E-state index in [-0.39, 0.29) is 11.8 Å². The molecule has 1 fully saturated rings. The predicted molar refractivity (Wildman–Crippen MR) is 149 cm³/mol. The highest BCUT2D eigenvalue weighted by Crippen LogP contribution is 2.37. The van der Waals surface area contributed by atoms with Crippen molar-refractivity contribution >= 4 is 28.1 Å². The standard InChI is InChI=1S/C29H32N8O/c1-34(2)18-27(38)35-12-6-9-23(16-35)26-14-24(28-29(30)31-19-32-37(26)28)21-10-11-22-17-36(33-25(22)13-21)15-20-7-4-3-5-8-20/h3-5,7-8,10-11,13-14,17,19,23H,6,9,12,15-16,18H2,1-2H3,(H2,30,31,32)/t23-/m0/s1. The van der Waals surface area contributed by atoms with Crippen molar-refractivity contribution in [1.29, 1.82) is 0 Å². The minimum atomic E-state index is 0.159. The van der Waals surface area contributed by atoms with E-state index >= 15 is 0 Å². The molecule has 1 saturated heterocycles. The smallest absolute Gasteiger partial charge is 0.236 e. The highest BCUT2D eigenvalue weighted by atomic mass is 16.2. The van der Waals surface area contributed by atoms with Gasteiger partial charge < -0.3 is 15.5 Å². The number of likely N-dealkylation sites (N-methyl/N-ethyl adjacent to an activating group) is 1. The van der Waals surface area contributed by atoms with Crippen LogP contribution in [0.5, 0.6) is 0 Å². The lowest BCUT2D eigenvalue weighted by Gasteiger charge is -2.33. The lowest BCUT2D eigenvalue weighted by Crippen LogP contribution is -2.43. The first kappa shape index (κ1) is 24.1. The Morgan fingerprint density at radius 1 is 1.13 bits per heavy atom. The zero-order valence-corrected chi connectivity index (χ0v) is 21.8.